The van der Waals surface area contributed by atoms with E-state index in [0.29, 0.717) is 12.0 Å². The summed E-state index contributed by atoms with van der Waals surface area (Å²) in [6, 6.07) is 14.1. The van der Waals surface area contributed by atoms with Crippen LogP contribution < -0.4 is 5.32 Å². The van der Waals surface area contributed by atoms with Crippen LogP contribution in [0.1, 0.15) is 37.4 Å². The molecule has 1 atom stereocenters. The third kappa shape index (κ3) is 3.18. The molecule has 0 unspecified atom stereocenters. The Bertz CT molecular complexity index is 627. The second-order valence-corrected chi connectivity index (χ2v) is 6.95. The van der Waals surface area contributed by atoms with Crippen molar-refractivity contribution in [3.05, 3.63) is 47.5 Å². The number of aryl methyl sites for hydroxylation is 1. The summed E-state index contributed by atoms with van der Waals surface area (Å²) in [6.07, 6.45) is 1.23. The Balaban J connectivity index is 2.05. The molecule has 3 rings (SSSR count). The Morgan fingerprint density at radius 2 is 1.68 bits per heavy atom. The number of nitrogens with zero attached hydrogens (tertiary/aromatic N) is 1. The molecule has 0 aliphatic carbocycles. The van der Waals surface area contributed by atoms with Crippen LogP contribution in [0.4, 0.5) is 0 Å². The Labute approximate surface area is 134 Å². The molecule has 118 valence electrons. The second-order valence-electron chi connectivity index (χ2n) is 6.95. The van der Waals surface area contributed by atoms with Crippen molar-refractivity contribution >= 4 is 10.8 Å². The topological polar surface area (TPSA) is 15.3 Å². The fraction of sp³-hybridized carbons (Fsp3) is 0.500. The van der Waals surface area contributed by atoms with E-state index in [-0.39, 0.29) is 0 Å². The van der Waals surface area contributed by atoms with Gasteiger partial charge < -0.3 is 5.32 Å². The van der Waals surface area contributed by atoms with Gasteiger partial charge in [-0.3, -0.25) is 4.90 Å². The molecule has 1 aliphatic rings. The summed E-state index contributed by atoms with van der Waals surface area (Å²) in [7, 11) is 0. The van der Waals surface area contributed by atoms with Gasteiger partial charge in [-0.05, 0) is 41.2 Å². The van der Waals surface area contributed by atoms with Gasteiger partial charge in [-0.1, -0.05) is 50.2 Å². The second kappa shape index (κ2) is 6.80. The molecule has 0 radical (unpaired) electrons. The van der Waals surface area contributed by atoms with Gasteiger partial charge in [0.15, 0.2) is 0 Å². The van der Waals surface area contributed by atoms with Crippen molar-refractivity contribution < 1.29 is 0 Å². The van der Waals surface area contributed by atoms with E-state index in [9.17, 15) is 0 Å². The van der Waals surface area contributed by atoms with Gasteiger partial charge in [0, 0.05) is 32.2 Å². The molecule has 0 saturated carbocycles. The van der Waals surface area contributed by atoms with E-state index in [0.717, 1.165) is 26.2 Å². The van der Waals surface area contributed by atoms with E-state index in [2.05, 4.69) is 67.4 Å². The summed E-state index contributed by atoms with van der Waals surface area (Å²) in [4.78, 5) is 2.67. The number of piperazine rings is 1. The van der Waals surface area contributed by atoms with Crippen molar-refractivity contribution in [1.82, 2.24) is 10.2 Å². The summed E-state index contributed by atoms with van der Waals surface area (Å²) in [6.45, 7) is 11.4. The monoisotopic (exact) mass is 296 g/mol. The molecule has 0 aromatic heterocycles. The SMILES string of the molecule is Cc1ccc([C@H](CC(C)C)N2CCNCC2)c2ccccc12. The first-order valence-electron chi connectivity index (χ1n) is 8.60. The highest BCUT2D eigenvalue weighted by Gasteiger charge is 2.24. The van der Waals surface area contributed by atoms with Crippen LogP contribution in [0, 0.1) is 12.8 Å². The lowest BCUT2D eigenvalue weighted by Gasteiger charge is -2.37. The molecular weight excluding hydrogens is 268 g/mol. The Morgan fingerprint density at radius 3 is 2.36 bits per heavy atom. The molecule has 0 amide bonds. The van der Waals surface area contributed by atoms with Gasteiger partial charge in [-0.15, -0.1) is 0 Å². The van der Waals surface area contributed by atoms with Crippen LogP contribution in [0.3, 0.4) is 0 Å². The summed E-state index contributed by atoms with van der Waals surface area (Å²) in [5, 5.41) is 6.32. The predicted molar refractivity (Wildman–Crippen MR) is 95.3 cm³/mol. The van der Waals surface area contributed by atoms with Gasteiger partial charge in [-0.2, -0.15) is 0 Å². The molecule has 1 heterocycles. The van der Waals surface area contributed by atoms with Crippen LogP contribution in [0.15, 0.2) is 36.4 Å². The van der Waals surface area contributed by atoms with Gasteiger partial charge in [0.05, 0.1) is 0 Å². The van der Waals surface area contributed by atoms with Crippen LogP contribution in [0.2, 0.25) is 0 Å². The van der Waals surface area contributed by atoms with Gasteiger partial charge in [-0.25, -0.2) is 0 Å². The lowest BCUT2D eigenvalue weighted by atomic mass is 9.90. The van der Waals surface area contributed by atoms with Crippen LogP contribution in [-0.2, 0) is 0 Å². The fourth-order valence-electron chi connectivity index (χ4n) is 3.68. The molecular formula is C20H28N2. The van der Waals surface area contributed by atoms with Crippen LogP contribution in [0.5, 0.6) is 0 Å². The van der Waals surface area contributed by atoms with E-state index in [4.69, 9.17) is 0 Å². The zero-order chi connectivity index (χ0) is 15.5. The first-order valence-corrected chi connectivity index (χ1v) is 8.60. The quantitative estimate of drug-likeness (QED) is 0.912. The average molecular weight is 296 g/mol. The van der Waals surface area contributed by atoms with Crippen molar-refractivity contribution in [3.63, 3.8) is 0 Å². The van der Waals surface area contributed by atoms with Gasteiger partial charge in [0.2, 0.25) is 0 Å². The van der Waals surface area contributed by atoms with E-state index in [1.54, 1.807) is 0 Å². The van der Waals surface area contributed by atoms with Gasteiger partial charge >= 0.3 is 0 Å². The lowest BCUT2D eigenvalue weighted by molar-refractivity contribution is 0.155. The minimum atomic E-state index is 0.535. The maximum Gasteiger partial charge on any atom is 0.0357 e. The molecule has 2 heteroatoms. The maximum absolute atomic E-state index is 3.48. The molecule has 1 fully saturated rings. The van der Waals surface area contributed by atoms with E-state index >= 15 is 0 Å². The zero-order valence-corrected chi connectivity index (χ0v) is 14.1. The fourth-order valence-corrected chi connectivity index (χ4v) is 3.68. The first-order chi connectivity index (χ1) is 10.7. The lowest BCUT2D eigenvalue weighted by Crippen LogP contribution is -2.45. The molecule has 2 aromatic carbocycles. The molecule has 1 aliphatic heterocycles. The van der Waals surface area contributed by atoms with Crippen LogP contribution in [-0.4, -0.2) is 31.1 Å². The summed E-state index contributed by atoms with van der Waals surface area (Å²) < 4.78 is 0. The number of nitrogens with one attached hydrogen (secondary N) is 1. The van der Waals surface area contributed by atoms with Gasteiger partial charge in [0.1, 0.15) is 0 Å². The van der Waals surface area contributed by atoms with E-state index in [1.807, 2.05) is 0 Å². The van der Waals surface area contributed by atoms with E-state index < -0.39 is 0 Å². The maximum atomic E-state index is 3.48. The Kier molecular flexibility index (Phi) is 4.80. The smallest absolute Gasteiger partial charge is 0.0357 e. The first kappa shape index (κ1) is 15.5. The summed E-state index contributed by atoms with van der Waals surface area (Å²) in [5.74, 6) is 0.708. The molecule has 0 bridgehead atoms. The van der Waals surface area contributed by atoms with Gasteiger partial charge in [0.25, 0.3) is 0 Å². The van der Waals surface area contributed by atoms with Crippen molar-refractivity contribution in [2.75, 3.05) is 26.2 Å². The summed E-state index contributed by atoms with van der Waals surface area (Å²) >= 11 is 0. The minimum Gasteiger partial charge on any atom is -0.314 e. The molecule has 22 heavy (non-hydrogen) atoms. The Hall–Kier alpha value is -1.38. The standard InChI is InChI=1S/C20H28N2/c1-15(2)14-20(22-12-10-21-11-13-22)19-9-8-16(3)17-6-4-5-7-18(17)19/h4-9,15,20-21H,10-14H2,1-3H3/t20-/m0/s1. The van der Waals surface area contributed by atoms with Crippen molar-refractivity contribution in [2.24, 2.45) is 5.92 Å². The number of fused-ring (bicyclic) bond motifs is 1. The third-order valence-corrected chi connectivity index (χ3v) is 4.82. The third-order valence-electron chi connectivity index (χ3n) is 4.82. The highest BCUT2D eigenvalue weighted by molar-refractivity contribution is 5.88. The molecule has 1 saturated heterocycles. The van der Waals surface area contributed by atoms with Crippen molar-refractivity contribution in [2.45, 2.75) is 33.2 Å². The molecule has 1 N–H and O–H groups in total. The minimum absolute atomic E-state index is 0.535. The van der Waals surface area contributed by atoms with Crippen molar-refractivity contribution in [3.8, 4) is 0 Å². The largest absolute Gasteiger partial charge is 0.314 e. The summed E-state index contributed by atoms with van der Waals surface area (Å²) in [5.41, 5.74) is 2.89. The average Bonchev–Trinajstić information content (AvgIpc) is 2.54. The van der Waals surface area contributed by atoms with Crippen molar-refractivity contribution in [1.29, 1.82) is 0 Å². The normalized spacial score (nSPS) is 18.0. The highest BCUT2D eigenvalue weighted by Crippen LogP contribution is 2.34. The van der Waals surface area contributed by atoms with Crippen LogP contribution >= 0.6 is 0 Å². The number of rotatable bonds is 4. The number of benzene rings is 2. The zero-order valence-electron chi connectivity index (χ0n) is 14.1. The number of hydrogen-bond donors (Lipinski definition) is 1. The molecule has 0 spiro atoms. The molecule has 2 aromatic rings. The van der Waals surface area contributed by atoms with E-state index in [1.165, 1.54) is 28.3 Å². The van der Waals surface area contributed by atoms with Crippen LogP contribution in [0.25, 0.3) is 10.8 Å². The predicted octanol–water partition coefficient (Wildman–Crippen LogP) is 4.14. The molecule has 2 nitrogen and oxygen atoms in total. The highest BCUT2D eigenvalue weighted by atomic mass is 15.2. The number of hydrogen-bond acceptors (Lipinski definition) is 2. The Morgan fingerprint density at radius 1 is 1.00 bits per heavy atom.